The molecule has 0 radical (unpaired) electrons. The van der Waals surface area contributed by atoms with Gasteiger partial charge in [0, 0.05) is 22.6 Å². The van der Waals surface area contributed by atoms with E-state index in [-0.39, 0.29) is 0 Å². The first-order valence-corrected chi connectivity index (χ1v) is 7.11. The number of nitrogens with one attached hydrogen (secondary N) is 1. The first kappa shape index (κ1) is 11.8. The number of benzene rings is 2. The van der Waals surface area contributed by atoms with Gasteiger partial charge in [0.15, 0.2) is 0 Å². The van der Waals surface area contributed by atoms with Crippen molar-refractivity contribution in [3.05, 3.63) is 63.6 Å². The monoisotopic (exact) mass is 301 g/mol. The molecule has 2 aromatic rings. The Morgan fingerprint density at radius 1 is 1.22 bits per heavy atom. The standard InChI is InChI=1S/C16H16BrN/c1-11-8-14(17)6-7-16(11)18-10-13-9-12-4-2-3-5-15(12)13/h2-8,13,18H,9-10H2,1H3. The zero-order valence-corrected chi connectivity index (χ0v) is 12.0. The Hall–Kier alpha value is -1.28. The summed E-state index contributed by atoms with van der Waals surface area (Å²) in [5, 5.41) is 3.56. The molecule has 3 rings (SSSR count). The van der Waals surface area contributed by atoms with Crippen molar-refractivity contribution >= 4 is 21.6 Å². The molecule has 18 heavy (non-hydrogen) atoms. The first-order valence-electron chi connectivity index (χ1n) is 6.32. The molecule has 1 N–H and O–H groups in total. The van der Waals surface area contributed by atoms with E-state index in [4.69, 9.17) is 0 Å². The molecule has 0 saturated carbocycles. The van der Waals surface area contributed by atoms with Gasteiger partial charge in [-0.2, -0.15) is 0 Å². The number of hydrogen-bond donors (Lipinski definition) is 1. The second-order valence-corrected chi connectivity index (χ2v) is 5.86. The van der Waals surface area contributed by atoms with Crippen LogP contribution >= 0.6 is 15.9 Å². The van der Waals surface area contributed by atoms with Crippen LogP contribution < -0.4 is 5.32 Å². The van der Waals surface area contributed by atoms with Crippen LogP contribution in [0.5, 0.6) is 0 Å². The molecule has 0 amide bonds. The first-order chi connectivity index (χ1) is 8.74. The van der Waals surface area contributed by atoms with Crippen LogP contribution in [0.3, 0.4) is 0 Å². The fourth-order valence-electron chi connectivity index (χ4n) is 2.60. The minimum absolute atomic E-state index is 0.671. The average molecular weight is 302 g/mol. The summed E-state index contributed by atoms with van der Waals surface area (Å²) in [6.07, 6.45) is 1.21. The van der Waals surface area contributed by atoms with Crippen molar-refractivity contribution in [2.45, 2.75) is 19.3 Å². The van der Waals surface area contributed by atoms with Gasteiger partial charge in [0.1, 0.15) is 0 Å². The van der Waals surface area contributed by atoms with Gasteiger partial charge >= 0.3 is 0 Å². The van der Waals surface area contributed by atoms with Crippen LogP contribution in [0.1, 0.15) is 22.6 Å². The van der Waals surface area contributed by atoms with Gasteiger partial charge < -0.3 is 5.32 Å². The Morgan fingerprint density at radius 3 is 2.83 bits per heavy atom. The van der Waals surface area contributed by atoms with Crippen molar-refractivity contribution in [3.63, 3.8) is 0 Å². The van der Waals surface area contributed by atoms with Crippen molar-refractivity contribution in [2.24, 2.45) is 0 Å². The van der Waals surface area contributed by atoms with E-state index in [0.717, 1.165) is 11.0 Å². The molecule has 0 aromatic heterocycles. The van der Waals surface area contributed by atoms with Crippen LogP contribution in [-0.2, 0) is 6.42 Å². The largest absolute Gasteiger partial charge is 0.384 e. The van der Waals surface area contributed by atoms with Crippen molar-refractivity contribution < 1.29 is 0 Å². The highest BCUT2D eigenvalue weighted by Crippen LogP contribution is 2.35. The Bertz CT molecular complexity index is 577. The summed E-state index contributed by atoms with van der Waals surface area (Å²) in [5.41, 5.74) is 5.55. The van der Waals surface area contributed by atoms with E-state index in [0.29, 0.717) is 5.92 Å². The maximum Gasteiger partial charge on any atom is 0.0370 e. The highest BCUT2D eigenvalue weighted by atomic mass is 79.9. The molecule has 1 aliphatic carbocycles. The molecule has 0 bridgehead atoms. The second-order valence-electron chi connectivity index (χ2n) is 4.94. The molecule has 0 heterocycles. The number of anilines is 1. The molecular weight excluding hydrogens is 286 g/mol. The third-order valence-corrected chi connectivity index (χ3v) is 4.18. The zero-order chi connectivity index (χ0) is 12.5. The lowest BCUT2D eigenvalue weighted by Crippen LogP contribution is -2.24. The van der Waals surface area contributed by atoms with Gasteiger partial charge in [-0.25, -0.2) is 0 Å². The summed E-state index contributed by atoms with van der Waals surface area (Å²) < 4.78 is 1.14. The fraction of sp³-hybridized carbons (Fsp3) is 0.250. The van der Waals surface area contributed by atoms with E-state index in [1.54, 1.807) is 0 Å². The van der Waals surface area contributed by atoms with E-state index in [9.17, 15) is 0 Å². The number of hydrogen-bond acceptors (Lipinski definition) is 1. The van der Waals surface area contributed by atoms with Crippen molar-refractivity contribution in [2.75, 3.05) is 11.9 Å². The Balaban J connectivity index is 1.66. The lowest BCUT2D eigenvalue weighted by atomic mass is 9.77. The normalized spacial score (nSPS) is 16.9. The van der Waals surface area contributed by atoms with Gasteiger partial charge in [-0.1, -0.05) is 40.2 Å². The van der Waals surface area contributed by atoms with Crippen LogP contribution in [0.25, 0.3) is 0 Å². The zero-order valence-electron chi connectivity index (χ0n) is 10.4. The van der Waals surface area contributed by atoms with E-state index in [2.05, 4.69) is 70.6 Å². The van der Waals surface area contributed by atoms with E-state index < -0.39 is 0 Å². The van der Waals surface area contributed by atoms with E-state index >= 15 is 0 Å². The average Bonchev–Trinajstić information content (AvgIpc) is 2.33. The third-order valence-electron chi connectivity index (χ3n) is 3.69. The molecule has 0 saturated heterocycles. The number of aryl methyl sites for hydroxylation is 1. The summed E-state index contributed by atoms with van der Waals surface area (Å²) in [6, 6.07) is 15.1. The summed E-state index contributed by atoms with van der Waals surface area (Å²) >= 11 is 3.49. The minimum atomic E-state index is 0.671. The second kappa shape index (κ2) is 4.77. The van der Waals surface area contributed by atoms with Crippen LogP contribution in [0, 0.1) is 6.92 Å². The number of rotatable bonds is 3. The summed E-state index contributed by atoms with van der Waals surface area (Å²) in [4.78, 5) is 0. The SMILES string of the molecule is Cc1cc(Br)ccc1NCC1Cc2ccccc21. The molecular formula is C16H16BrN. The summed E-state index contributed by atoms with van der Waals surface area (Å²) in [7, 11) is 0. The Labute approximate surface area is 116 Å². The fourth-order valence-corrected chi connectivity index (χ4v) is 3.08. The molecule has 1 aliphatic rings. The van der Waals surface area contributed by atoms with E-state index in [1.807, 2.05) is 0 Å². The predicted octanol–water partition coefficient (Wildman–Crippen LogP) is 4.51. The summed E-state index contributed by atoms with van der Waals surface area (Å²) in [5.74, 6) is 0.671. The minimum Gasteiger partial charge on any atom is -0.384 e. The predicted molar refractivity (Wildman–Crippen MR) is 80.3 cm³/mol. The smallest absolute Gasteiger partial charge is 0.0370 e. The number of fused-ring (bicyclic) bond motifs is 1. The van der Waals surface area contributed by atoms with Crippen molar-refractivity contribution in [1.29, 1.82) is 0 Å². The highest BCUT2D eigenvalue weighted by Gasteiger charge is 2.24. The van der Waals surface area contributed by atoms with Gasteiger partial charge in [0.25, 0.3) is 0 Å². The Kier molecular flexibility index (Phi) is 3.13. The van der Waals surface area contributed by atoms with Crippen LogP contribution in [0.4, 0.5) is 5.69 Å². The van der Waals surface area contributed by atoms with Gasteiger partial charge in [0.05, 0.1) is 0 Å². The lowest BCUT2D eigenvalue weighted by molar-refractivity contribution is 0.635. The molecule has 0 spiro atoms. The van der Waals surface area contributed by atoms with Gasteiger partial charge in [-0.3, -0.25) is 0 Å². The molecule has 1 unspecified atom stereocenters. The summed E-state index contributed by atoms with van der Waals surface area (Å²) in [6.45, 7) is 3.17. The van der Waals surface area contributed by atoms with Gasteiger partial charge in [-0.15, -0.1) is 0 Å². The van der Waals surface area contributed by atoms with E-state index in [1.165, 1.54) is 28.8 Å². The maximum atomic E-state index is 3.56. The molecule has 1 nitrogen and oxygen atoms in total. The van der Waals surface area contributed by atoms with Gasteiger partial charge in [0.2, 0.25) is 0 Å². The topological polar surface area (TPSA) is 12.0 Å². The van der Waals surface area contributed by atoms with Crippen LogP contribution in [0.15, 0.2) is 46.9 Å². The van der Waals surface area contributed by atoms with Crippen molar-refractivity contribution in [3.8, 4) is 0 Å². The molecule has 2 heteroatoms. The maximum absolute atomic E-state index is 3.56. The molecule has 92 valence electrons. The highest BCUT2D eigenvalue weighted by molar-refractivity contribution is 9.10. The molecule has 1 atom stereocenters. The number of halogens is 1. The lowest BCUT2D eigenvalue weighted by Gasteiger charge is -2.30. The van der Waals surface area contributed by atoms with Crippen LogP contribution in [-0.4, -0.2) is 6.54 Å². The molecule has 2 aromatic carbocycles. The quantitative estimate of drug-likeness (QED) is 0.879. The van der Waals surface area contributed by atoms with Crippen LogP contribution in [0.2, 0.25) is 0 Å². The third kappa shape index (κ3) is 2.17. The molecule has 0 fully saturated rings. The molecule has 0 aliphatic heterocycles. The van der Waals surface area contributed by atoms with Crippen molar-refractivity contribution in [1.82, 2.24) is 0 Å². The van der Waals surface area contributed by atoms with Gasteiger partial charge in [-0.05, 0) is 48.2 Å². The Morgan fingerprint density at radius 2 is 2.06 bits per heavy atom.